The minimum Gasteiger partial charge on any atom is -0.388 e. The van der Waals surface area contributed by atoms with Crippen molar-refractivity contribution in [3.05, 3.63) is 49.8 Å². The predicted molar refractivity (Wildman–Crippen MR) is 69.9 cm³/mol. The summed E-state index contributed by atoms with van der Waals surface area (Å²) < 4.78 is 1.61. The SMILES string of the molecule is OC(Cc1ccc(Cl)s1)c1cncc(Br)c1. The van der Waals surface area contributed by atoms with Gasteiger partial charge in [0.1, 0.15) is 0 Å². The Morgan fingerprint density at radius 3 is 2.88 bits per heavy atom. The van der Waals surface area contributed by atoms with Gasteiger partial charge in [0, 0.05) is 33.7 Å². The first-order valence-electron chi connectivity index (χ1n) is 4.68. The highest BCUT2D eigenvalue weighted by atomic mass is 79.9. The summed E-state index contributed by atoms with van der Waals surface area (Å²) in [6.45, 7) is 0. The Hall–Kier alpha value is -0.420. The first-order chi connectivity index (χ1) is 7.65. The first-order valence-corrected chi connectivity index (χ1v) is 6.66. The van der Waals surface area contributed by atoms with Gasteiger partial charge in [-0.3, -0.25) is 4.98 Å². The largest absolute Gasteiger partial charge is 0.388 e. The highest BCUT2D eigenvalue weighted by molar-refractivity contribution is 9.10. The Morgan fingerprint density at radius 2 is 2.25 bits per heavy atom. The van der Waals surface area contributed by atoms with Crippen LogP contribution in [0.2, 0.25) is 4.34 Å². The molecule has 0 bridgehead atoms. The van der Waals surface area contributed by atoms with Crippen molar-refractivity contribution in [1.29, 1.82) is 0 Å². The van der Waals surface area contributed by atoms with E-state index < -0.39 is 6.10 Å². The zero-order valence-corrected chi connectivity index (χ0v) is 11.4. The number of aliphatic hydroxyl groups is 1. The van der Waals surface area contributed by atoms with Crippen LogP contribution >= 0.6 is 38.9 Å². The van der Waals surface area contributed by atoms with E-state index in [0.717, 1.165) is 19.2 Å². The van der Waals surface area contributed by atoms with Crippen molar-refractivity contribution < 1.29 is 5.11 Å². The van der Waals surface area contributed by atoms with Crippen LogP contribution in [0.5, 0.6) is 0 Å². The fourth-order valence-electron chi connectivity index (χ4n) is 1.38. The second-order valence-corrected chi connectivity index (χ2v) is 6.08. The monoisotopic (exact) mass is 317 g/mol. The Morgan fingerprint density at radius 1 is 1.44 bits per heavy atom. The number of thiophene rings is 1. The number of hydrogen-bond acceptors (Lipinski definition) is 3. The number of hydrogen-bond donors (Lipinski definition) is 1. The zero-order valence-electron chi connectivity index (χ0n) is 8.23. The lowest BCUT2D eigenvalue weighted by Crippen LogP contribution is -2.00. The van der Waals surface area contributed by atoms with Gasteiger partial charge in [0.25, 0.3) is 0 Å². The lowest BCUT2D eigenvalue weighted by Gasteiger charge is -2.09. The summed E-state index contributed by atoms with van der Waals surface area (Å²) in [5.74, 6) is 0. The summed E-state index contributed by atoms with van der Waals surface area (Å²) >= 11 is 10.6. The number of aromatic nitrogens is 1. The Bertz CT molecular complexity index is 488. The molecule has 0 aliphatic rings. The van der Waals surface area contributed by atoms with E-state index in [0.29, 0.717) is 6.42 Å². The fourth-order valence-corrected chi connectivity index (χ4v) is 2.89. The molecule has 2 rings (SSSR count). The minimum atomic E-state index is -0.542. The van der Waals surface area contributed by atoms with Gasteiger partial charge in [-0.2, -0.15) is 0 Å². The van der Waals surface area contributed by atoms with Crippen LogP contribution in [0.3, 0.4) is 0 Å². The first kappa shape index (κ1) is 12.0. The van der Waals surface area contributed by atoms with Crippen LogP contribution < -0.4 is 0 Å². The number of pyridine rings is 1. The van der Waals surface area contributed by atoms with E-state index in [2.05, 4.69) is 20.9 Å². The zero-order chi connectivity index (χ0) is 11.5. The van der Waals surface area contributed by atoms with Gasteiger partial charge in [-0.15, -0.1) is 11.3 Å². The molecule has 1 unspecified atom stereocenters. The molecule has 2 aromatic rings. The van der Waals surface area contributed by atoms with Crippen molar-refractivity contribution in [1.82, 2.24) is 4.98 Å². The molecule has 0 aliphatic heterocycles. The summed E-state index contributed by atoms with van der Waals surface area (Å²) in [7, 11) is 0. The smallest absolute Gasteiger partial charge is 0.0931 e. The summed E-state index contributed by atoms with van der Waals surface area (Å²) in [6.07, 6.45) is 3.39. The van der Waals surface area contributed by atoms with E-state index in [4.69, 9.17) is 11.6 Å². The lowest BCUT2D eigenvalue weighted by atomic mass is 10.1. The van der Waals surface area contributed by atoms with Gasteiger partial charge in [-0.05, 0) is 34.1 Å². The third kappa shape index (κ3) is 3.04. The van der Waals surface area contributed by atoms with Gasteiger partial charge in [0.2, 0.25) is 0 Å². The summed E-state index contributed by atoms with van der Waals surface area (Å²) in [5.41, 5.74) is 0.805. The van der Waals surface area contributed by atoms with E-state index in [-0.39, 0.29) is 0 Å². The Labute approximate surface area is 111 Å². The van der Waals surface area contributed by atoms with Gasteiger partial charge < -0.3 is 5.11 Å². The Kier molecular flexibility index (Phi) is 3.97. The maximum Gasteiger partial charge on any atom is 0.0931 e. The fraction of sp³-hybridized carbons (Fsp3) is 0.182. The lowest BCUT2D eigenvalue weighted by molar-refractivity contribution is 0.179. The molecule has 0 radical (unpaired) electrons. The summed E-state index contributed by atoms with van der Waals surface area (Å²) in [4.78, 5) is 5.09. The normalized spacial score (nSPS) is 12.7. The molecule has 16 heavy (non-hydrogen) atoms. The standard InChI is InChI=1S/C11H9BrClNOS/c12-8-3-7(5-14-6-8)10(15)4-9-1-2-11(13)16-9/h1-3,5-6,10,15H,4H2. The van der Waals surface area contributed by atoms with Crippen molar-refractivity contribution >= 4 is 38.9 Å². The van der Waals surface area contributed by atoms with Crippen molar-refractivity contribution in [2.24, 2.45) is 0 Å². The molecular formula is C11H9BrClNOS. The second kappa shape index (κ2) is 5.27. The number of aliphatic hydroxyl groups excluding tert-OH is 1. The molecular weight excluding hydrogens is 310 g/mol. The molecule has 0 aliphatic carbocycles. The van der Waals surface area contributed by atoms with E-state index >= 15 is 0 Å². The molecule has 0 saturated carbocycles. The molecule has 0 amide bonds. The molecule has 0 fully saturated rings. The number of rotatable bonds is 3. The predicted octanol–water partition coefficient (Wildman–Crippen LogP) is 3.84. The van der Waals surface area contributed by atoms with E-state index in [1.807, 2.05) is 18.2 Å². The van der Waals surface area contributed by atoms with Gasteiger partial charge in [0.15, 0.2) is 0 Å². The number of halogens is 2. The topological polar surface area (TPSA) is 33.1 Å². The van der Waals surface area contributed by atoms with Crippen LogP contribution in [0.25, 0.3) is 0 Å². The van der Waals surface area contributed by atoms with Crippen LogP contribution in [0.1, 0.15) is 16.5 Å². The number of nitrogens with zero attached hydrogens (tertiary/aromatic N) is 1. The highest BCUT2D eigenvalue weighted by Gasteiger charge is 2.10. The van der Waals surface area contributed by atoms with Gasteiger partial charge >= 0.3 is 0 Å². The maximum atomic E-state index is 10.0. The van der Waals surface area contributed by atoms with Crippen LogP contribution in [0.4, 0.5) is 0 Å². The molecule has 84 valence electrons. The van der Waals surface area contributed by atoms with E-state index in [1.54, 1.807) is 12.4 Å². The van der Waals surface area contributed by atoms with Gasteiger partial charge in [-0.1, -0.05) is 11.6 Å². The molecule has 2 heterocycles. The second-order valence-electron chi connectivity index (χ2n) is 3.36. The molecule has 0 saturated heterocycles. The highest BCUT2D eigenvalue weighted by Crippen LogP contribution is 2.27. The van der Waals surface area contributed by atoms with Gasteiger partial charge in [0.05, 0.1) is 10.4 Å². The maximum absolute atomic E-state index is 10.0. The average Bonchev–Trinajstić information content (AvgIpc) is 2.64. The van der Waals surface area contributed by atoms with Crippen molar-refractivity contribution in [2.75, 3.05) is 0 Å². The van der Waals surface area contributed by atoms with Crippen LogP contribution in [-0.4, -0.2) is 10.1 Å². The van der Waals surface area contributed by atoms with Gasteiger partial charge in [-0.25, -0.2) is 0 Å². The Balaban J connectivity index is 2.11. The third-order valence-electron chi connectivity index (χ3n) is 2.13. The molecule has 0 spiro atoms. The van der Waals surface area contributed by atoms with E-state index in [1.165, 1.54) is 11.3 Å². The van der Waals surface area contributed by atoms with Crippen LogP contribution in [0.15, 0.2) is 35.1 Å². The van der Waals surface area contributed by atoms with Crippen molar-refractivity contribution in [3.63, 3.8) is 0 Å². The molecule has 5 heteroatoms. The molecule has 1 N–H and O–H groups in total. The molecule has 1 atom stereocenters. The van der Waals surface area contributed by atoms with Crippen molar-refractivity contribution in [3.8, 4) is 0 Å². The quantitative estimate of drug-likeness (QED) is 0.933. The summed E-state index contributed by atoms with van der Waals surface area (Å²) in [6, 6.07) is 5.64. The third-order valence-corrected chi connectivity index (χ3v) is 3.82. The molecule has 2 aromatic heterocycles. The average molecular weight is 319 g/mol. The van der Waals surface area contributed by atoms with Crippen molar-refractivity contribution in [2.45, 2.75) is 12.5 Å². The molecule has 2 nitrogen and oxygen atoms in total. The van der Waals surface area contributed by atoms with Crippen LogP contribution in [0, 0.1) is 0 Å². The summed E-state index contributed by atoms with van der Waals surface area (Å²) in [5, 5.41) is 10.0. The molecule has 0 aromatic carbocycles. The minimum absolute atomic E-state index is 0.542. The van der Waals surface area contributed by atoms with E-state index in [9.17, 15) is 5.11 Å². The van der Waals surface area contributed by atoms with Crippen LogP contribution in [-0.2, 0) is 6.42 Å².